The first-order chi connectivity index (χ1) is 41.0. The molecule has 0 saturated heterocycles. The summed E-state index contributed by atoms with van der Waals surface area (Å²) >= 11 is 0. The number of hydrogen-bond donors (Lipinski definition) is 0. The number of esters is 3. The molecule has 0 aliphatic heterocycles. The fourth-order valence-electron chi connectivity index (χ4n) is 10.7. The van der Waals surface area contributed by atoms with E-state index < -0.39 is 6.10 Å². The first-order valence-corrected chi connectivity index (χ1v) is 36.4. The number of hydrogen-bond acceptors (Lipinski definition) is 6. The van der Waals surface area contributed by atoms with E-state index in [0.717, 1.165) is 89.9 Å². The Morgan fingerprint density at radius 2 is 0.434 bits per heavy atom. The van der Waals surface area contributed by atoms with Crippen molar-refractivity contribution in [3.8, 4) is 0 Å². The Morgan fingerprint density at radius 1 is 0.241 bits per heavy atom. The average molecular weight is 1160 g/mol. The van der Waals surface area contributed by atoms with Crippen LogP contribution in [0.1, 0.15) is 380 Å². The van der Waals surface area contributed by atoms with E-state index in [-0.39, 0.29) is 31.1 Å². The highest BCUT2D eigenvalue weighted by atomic mass is 16.6. The summed E-state index contributed by atoms with van der Waals surface area (Å²) in [5.41, 5.74) is 0. The average Bonchev–Trinajstić information content (AvgIpc) is 3.49. The van der Waals surface area contributed by atoms with Gasteiger partial charge in [-0.3, -0.25) is 14.4 Å². The van der Waals surface area contributed by atoms with Gasteiger partial charge in [-0.25, -0.2) is 0 Å². The number of ether oxygens (including phenoxy) is 3. The summed E-state index contributed by atoms with van der Waals surface area (Å²) in [6, 6.07) is 0. The minimum Gasteiger partial charge on any atom is -0.462 e. The van der Waals surface area contributed by atoms with Crippen molar-refractivity contribution in [2.45, 2.75) is 386 Å². The highest BCUT2D eigenvalue weighted by molar-refractivity contribution is 5.71. The standard InChI is InChI=1S/C77H138O6/c1-4-7-10-13-16-19-22-25-28-30-32-33-34-35-36-37-38-39-40-41-42-43-44-45-46-48-49-52-55-58-61-64-67-70-76(79)82-73-74(72-81-75(78)69-66-63-60-57-54-51-27-24-21-18-15-12-9-6-3)83-77(80)71-68-65-62-59-56-53-50-47-31-29-26-23-20-17-14-11-8-5-2/h20,22-25,27,29-32,34-35,74H,4-19,21,26,28,33,36-73H2,1-3H3/b23-20-,25-22-,27-24-,31-29-,32-30-,35-34-. The first kappa shape index (κ1) is 79.8. The van der Waals surface area contributed by atoms with Gasteiger partial charge < -0.3 is 14.2 Å². The second kappa shape index (κ2) is 71.3. The summed E-state index contributed by atoms with van der Waals surface area (Å²) in [7, 11) is 0. The van der Waals surface area contributed by atoms with Crippen molar-refractivity contribution in [1.82, 2.24) is 0 Å². The topological polar surface area (TPSA) is 78.9 Å². The monoisotopic (exact) mass is 1160 g/mol. The maximum absolute atomic E-state index is 12.9. The molecule has 1 unspecified atom stereocenters. The van der Waals surface area contributed by atoms with Gasteiger partial charge in [0.2, 0.25) is 0 Å². The molecule has 0 bridgehead atoms. The zero-order chi connectivity index (χ0) is 59.9. The van der Waals surface area contributed by atoms with Crippen LogP contribution in [0.2, 0.25) is 0 Å². The Hall–Kier alpha value is -3.15. The number of allylic oxidation sites excluding steroid dienone is 12. The molecule has 0 aliphatic carbocycles. The van der Waals surface area contributed by atoms with E-state index in [2.05, 4.69) is 93.7 Å². The largest absolute Gasteiger partial charge is 0.462 e. The van der Waals surface area contributed by atoms with E-state index >= 15 is 0 Å². The molecule has 0 aliphatic rings. The smallest absolute Gasteiger partial charge is 0.306 e. The van der Waals surface area contributed by atoms with E-state index in [1.165, 1.54) is 250 Å². The Bertz CT molecular complexity index is 1520. The summed E-state index contributed by atoms with van der Waals surface area (Å²) < 4.78 is 17.0. The van der Waals surface area contributed by atoms with Crippen molar-refractivity contribution in [2.24, 2.45) is 0 Å². The van der Waals surface area contributed by atoms with Gasteiger partial charge in [-0.15, -0.1) is 0 Å². The van der Waals surface area contributed by atoms with Crippen LogP contribution in [0.15, 0.2) is 72.9 Å². The quantitative estimate of drug-likeness (QED) is 0.0261. The Morgan fingerprint density at radius 3 is 0.699 bits per heavy atom. The van der Waals surface area contributed by atoms with Crippen LogP contribution in [0.3, 0.4) is 0 Å². The molecule has 0 rings (SSSR count). The summed E-state index contributed by atoms with van der Waals surface area (Å²) in [5.74, 6) is -0.874. The second-order valence-corrected chi connectivity index (χ2v) is 24.5. The lowest BCUT2D eigenvalue weighted by Crippen LogP contribution is -2.30. The highest BCUT2D eigenvalue weighted by Gasteiger charge is 2.19. The fraction of sp³-hybridized carbons (Fsp3) is 0.805. The summed E-state index contributed by atoms with van der Waals surface area (Å²) in [4.78, 5) is 38.4. The summed E-state index contributed by atoms with van der Waals surface area (Å²) in [6.07, 6.45) is 93.7. The highest BCUT2D eigenvalue weighted by Crippen LogP contribution is 2.18. The second-order valence-electron chi connectivity index (χ2n) is 24.5. The molecule has 0 spiro atoms. The van der Waals surface area contributed by atoms with Gasteiger partial charge in [-0.05, 0) is 116 Å². The van der Waals surface area contributed by atoms with Crippen molar-refractivity contribution in [3.05, 3.63) is 72.9 Å². The predicted octanol–water partition coefficient (Wildman–Crippen LogP) is 25.2. The molecule has 0 aromatic carbocycles. The van der Waals surface area contributed by atoms with Crippen molar-refractivity contribution in [1.29, 1.82) is 0 Å². The molecule has 1 atom stereocenters. The van der Waals surface area contributed by atoms with Crippen LogP contribution in [0.4, 0.5) is 0 Å². The lowest BCUT2D eigenvalue weighted by molar-refractivity contribution is -0.167. The lowest BCUT2D eigenvalue weighted by Gasteiger charge is -2.18. The summed E-state index contributed by atoms with van der Waals surface area (Å²) in [6.45, 7) is 6.64. The van der Waals surface area contributed by atoms with Gasteiger partial charge in [0.05, 0.1) is 0 Å². The van der Waals surface area contributed by atoms with E-state index in [1.807, 2.05) is 0 Å². The van der Waals surface area contributed by atoms with Crippen molar-refractivity contribution >= 4 is 17.9 Å². The van der Waals surface area contributed by atoms with Gasteiger partial charge in [0.1, 0.15) is 13.2 Å². The van der Waals surface area contributed by atoms with Gasteiger partial charge >= 0.3 is 17.9 Å². The van der Waals surface area contributed by atoms with Crippen LogP contribution in [-0.4, -0.2) is 37.2 Å². The van der Waals surface area contributed by atoms with E-state index in [4.69, 9.17) is 14.2 Å². The maximum atomic E-state index is 12.9. The molecule has 0 radical (unpaired) electrons. The lowest BCUT2D eigenvalue weighted by atomic mass is 10.0. The van der Waals surface area contributed by atoms with Gasteiger partial charge in [0, 0.05) is 19.3 Å². The molecule has 482 valence electrons. The molecule has 0 fully saturated rings. The molecule has 0 saturated carbocycles. The van der Waals surface area contributed by atoms with Crippen LogP contribution >= 0.6 is 0 Å². The van der Waals surface area contributed by atoms with Gasteiger partial charge in [0.25, 0.3) is 0 Å². The van der Waals surface area contributed by atoms with Crippen molar-refractivity contribution < 1.29 is 28.6 Å². The number of carbonyl (C=O) groups excluding carboxylic acids is 3. The van der Waals surface area contributed by atoms with E-state index in [9.17, 15) is 14.4 Å². The minimum absolute atomic E-state index is 0.0777. The van der Waals surface area contributed by atoms with E-state index in [1.54, 1.807) is 0 Å². The molecule has 83 heavy (non-hydrogen) atoms. The van der Waals surface area contributed by atoms with Crippen LogP contribution in [0.5, 0.6) is 0 Å². The molecule has 0 amide bonds. The van der Waals surface area contributed by atoms with Crippen LogP contribution < -0.4 is 0 Å². The van der Waals surface area contributed by atoms with Crippen LogP contribution in [-0.2, 0) is 28.6 Å². The summed E-state index contributed by atoms with van der Waals surface area (Å²) in [5, 5.41) is 0. The maximum Gasteiger partial charge on any atom is 0.306 e. The molecular formula is C77H138O6. The SMILES string of the molecule is CCCCCC/C=C\C/C=C\CCCCCCCCCC(=O)OC(COC(=O)CCCCCCC/C=C\CCCCCCC)COC(=O)CCCCCCCCCCCCCCCCCCCC/C=C\C/C=C\C/C=C\CCCCCCC. The molecule has 0 N–H and O–H groups in total. The Balaban J connectivity index is 4.18. The number of carbonyl (C=O) groups is 3. The van der Waals surface area contributed by atoms with Gasteiger partial charge in [0.15, 0.2) is 6.10 Å². The molecular weight excluding hydrogens is 1020 g/mol. The molecule has 0 heterocycles. The predicted molar refractivity (Wildman–Crippen MR) is 362 cm³/mol. The molecule has 0 aromatic heterocycles. The van der Waals surface area contributed by atoms with Crippen molar-refractivity contribution in [3.63, 3.8) is 0 Å². The molecule has 6 nitrogen and oxygen atoms in total. The molecule has 0 aromatic rings. The third-order valence-corrected chi connectivity index (χ3v) is 16.2. The first-order valence-electron chi connectivity index (χ1n) is 36.4. The van der Waals surface area contributed by atoms with E-state index in [0.29, 0.717) is 19.3 Å². The van der Waals surface area contributed by atoms with Crippen LogP contribution in [0.25, 0.3) is 0 Å². The van der Waals surface area contributed by atoms with Gasteiger partial charge in [-0.2, -0.15) is 0 Å². The van der Waals surface area contributed by atoms with Gasteiger partial charge in [-0.1, -0.05) is 318 Å². The Labute approximate surface area is 516 Å². The van der Waals surface area contributed by atoms with Crippen molar-refractivity contribution in [2.75, 3.05) is 13.2 Å². The third kappa shape index (κ3) is 69.5. The minimum atomic E-state index is -0.783. The normalized spacial score (nSPS) is 12.5. The fourth-order valence-corrected chi connectivity index (χ4v) is 10.7. The zero-order valence-electron chi connectivity index (χ0n) is 55.5. The zero-order valence-corrected chi connectivity index (χ0v) is 55.5. The van der Waals surface area contributed by atoms with Crippen LogP contribution in [0, 0.1) is 0 Å². The molecule has 6 heteroatoms. The third-order valence-electron chi connectivity index (χ3n) is 16.2. The number of rotatable bonds is 67. The Kier molecular flexibility index (Phi) is 68.6. The number of unbranched alkanes of at least 4 members (excludes halogenated alkanes) is 44.